The standard InChI is InChI=1S/C15H30N4O2.HI/c1-5-18(4)11-9-17-15(16-3)19-10-7-8-13(12-19)14(20)21-6-2;/h13H,5-12H2,1-4H3,(H,16,17);1H. The SMILES string of the molecule is CCOC(=O)C1CCCN(C(=NC)NCCN(C)CC)C1.I. The van der Waals surface area contributed by atoms with E-state index in [1.54, 1.807) is 7.05 Å². The maximum atomic E-state index is 11.9. The van der Waals surface area contributed by atoms with Gasteiger partial charge in [-0.25, -0.2) is 0 Å². The van der Waals surface area contributed by atoms with Gasteiger partial charge in [-0.2, -0.15) is 0 Å². The molecular weight excluding hydrogens is 395 g/mol. The monoisotopic (exact) mass is 426 g/mol. The zero-order valence-electron chi connectivity index (χ0n) is 14.3. The first-order valence-electron chi connectivity index (χ1n) is 7.93. The van der Waals surface area contributed by atoms with E-state index in [0.717, 1.165) is 45.0 Å². The van der Waals surface area contributed by atoms with Gasteiger partial charge < -0.3 is 19.9 Å². The number of halogens is 1. The highest BCUT2D eigenvalue weighted by molar-refractivity contribution is 14.0. The summed E-state index contributed by atoms with van der Waals surface area (Å²) in [5.74, 6) is 0.771. The van der Waals surface area contributed by atoms with Crippen LogP contribution in [-0.2, 0) is 9.53 Å². The predicted molar refractivity (Wildman–Crippen MR) is 101 cm³/mol. The molecule has 0 aromatic carbocycles. The van der Waals surface area contributed by atoms with Crippen molar-refractivity contribution in [3.8, 4) is 0 Å². The minimum absolute atomic E-state index is 0. The van der Waals surface area contributed by atoms with Gasteiger partial charge in [0.2, 0.25) is 0 Å². The van der Waals surface area contributed by atoms with Crippen LogP contribution >= 0.6 is 24.0 Å². The van der Waals surface area contributed by atoms with E-state index in [1.807, 2.05) is 6.92 Å². The Balaban J connectivity index is 0.00000441. The van der Waals surface area contributed by atoms with Crippen LogP contribution in [0.4, 0.5) is 0 Å². The molecule has 1 N–H and O–H groups in total. The molecule has 130 valence electrons. The van der Waals surface area contributed by atoms with Crippen LogP contribution in [0.5, 0.6) is 0 Å². The first kappa shape index (κ1) is 21.4. The number of nitrogens with zero attached hydrogens (tertiary/aromatic N) is 3. The van der Waals surface area contributed by atoms with E-state index in [1.165, 1.54) is 0 Å². The van der Waals surface area contributed by atoms with Crippen molar-refractivity contribution in [3.63, 3.8) is 0 Å². The van der Waals surface area contributed by atoms with Crippen molar-refractivity contribution in [3.05, 3.63) is 0 Å². The van der Waals surface area contributed by atoms with Crippen LogP contribution in [0, 0.1) is 5.92 Å². The molecule has 1 fully saturated rings. The fraction of sp³-hybridized carbons (Fsp3) is 0.867. The highest BCUT2D eigenvalue weighted by atomic mass is 127. The first-order chi connectivity index (χ1) is 10.1. The summed E-state index contributed by atoms with van der Waals surface area (Å²) in [7, 11) is 3.89. The Morgan fingerprint density at radius 1 is 1.45 bits per heavy atom. The van der Waals surface area contributed by atoms with Gasteiger partial charge in [0.25, 0.3) is 0 Å². The summed E-state index contributed by atoms with van der Waals surface area (Å²) >= 11 is 0. The van der Waals surface area contributed by atoms with Gasteiger partial charge in [0.1, 0.15) is 0 Å². The lowest BCUT2D eigenvalue weighted by atomic mass is 9.98. The van der Waals surface area contributed by atoms with Crippen molar-refractivity contribution in [1.82, 2.24) is 15.1 Å². The summed E-state index contributed by atoms with van der Waals surface area (Å²) < 4.78 is 5.14. The summed E-state index contributed by atoms with van der Waals surface area (Å²) in [5, 5.41) is 3.38. The molecule has 1 aliphatic rings. The fourth-order valence-corrected chi connectivity index (χ4v) is 2.47. The molecule has 0 bridgehead atoms. The minimum atomic E-state index is -0.0802. The average Bonchev–Trinajstić information content (AvgIpc) is 2.51. The maximum Gasteiger partial charge on any atom is 0.310 e. The smallest absolute Gasteiger partial charge is 0.310 e. The number of carbonyl (C=O) groups excluding carboxylic acids is 1. The van der Waals surface area contributed by atoms with Crippen LogP contribution in [0.25, 0.3) is 0 Å². The van der Waals surface area contributed by atoms with E-state index in [9.17, 15) is 4.79 Å². The van der Waals surface area contributed by atoms with Crippen molar-refractivity contribution < 1.29 is 9.53 Å². The second-order valence-corrected chi connectivity index (χ2v) is 5.41. The number of rotatable bonds is 6. The minimum Gasteiger partial charge on any atom is -0.466 e. The lowest BCUT2D eigenvalue weighted by molar-refractivity contribution is -0.149. The van der Waals surface area contributed by atoms with E-state index in [0.29, 0.717) is 13.2 Å². The average molecular weight is 426 g/mol. The molecule has 7 heteroatoms. The molecule has 1 saturated heterocycles. The van der Waals surface area contributed by atoms with E-state index in [-0.39, 0.29) is 35.9 Å². The Labute approximate surface area is 151 Å². The van der Waals surface area contributed by atoms with Gasteiger partial charge in [0.15, 0.2) is 5.96 Å². The summed E-state index contributed by atoms with van der Waals surface area (Å²) in [4.78, 5) is 20.6. The number of esters is 1. The van der Waals surface area contributed by atoms with Gasteiger partial charge in [-0.15, -0.1) is 24.0 Å². The van der Waals surface area contributed by atoms with Crippen LogP contribution in [0.1, 0.15) is 26.7 Å². The number of likely N-dealkylation sites (tertiary alicyclic amines) is 1. The molecule has 0 saturated carbocycles. The molecular formula is C15H31IN4O2. The molecule has 0 aromatic rings. The normalized spacial score (nSPS) is 18.9. The quantitative estimate of drug-likeness (QED) is 0.301. The Kier molecular flexibility index (Phi) is 11.6. The van der Waals surface area contributed by atoms with Crippen LogP contribution in [0.15, 0.2) is 4.99 Å². The number of piperidine rings is 1. The third-order valence-electron chi connectivity index (χ3n) is 3.87. The molecule has 1 unspecified atom stereocenters. The summed E-state index contributed by atoms with van der Waals surface area (Å²) in [6, 6.07) is 0. The number of aliphatic imine (C=N–C) groups is 1. The van der Waals surface area contributed by atoms with Gasteiger partial charge in [0, 0.05) is 33.2 Å². The number of ether oxygens (including phenoxy) is 1. The van der Waals surface area contributed by atoms with E-state index >= 15 is 0 Å². The number of hydrogen-bond acceptors (Lipinski definition) is 4. The zero-order chi connectivity index (χ0) is 15.7. The first-order valence-corrected chi connectivity index (χ1v) is 7.93. The highest BCUT2D eigenvalue weighted by Crippen LogP contribution is 2.17. The van der Waals surface area contributed by atoms with Crippen molar-refractivity contribution in [1.29, 1.82) is 0 Å². The molecule has 1 heterocycles. The molecule has 0 spiro atoms. The third-order valence-corrected chi connectivity index (χ3v) is 3.87. The van der Waals surface area contributed by atoms with Crippen molar-refractivity contribution in [2.75, 3.05) is 53.4 Å². The van der Waals surface area contributed by atoms with Gasteiger partial charge in [-0.05, 0) is 33.4 Å². The van der Waals surface area contributed by atoms with E-state index < -0.39 is 0 Å². The van der Waals surface area contributed by atoms with E-state index in [2.05, 4.69) is 34.1 Å². The number of guanidine groups is 1. The van der Waals surface area contributed by atoms with Gasteiger partial charge in [0.05, 0.1) is 12.5 Å². The molecule has 1 rings (SSSR count). The molecule has 22 heavy (non-hydrogen) atoms. The lowest BCUT2D eigenvalue weighted by Gasteiger charge is -2.34. The molecule has 1 atom stereocenters. The topological polar surface area (TPSA) is 57.2 Å². The van der Waals surface area contributed by atoms with Crippen molar-refractivity contribution >= 4 is 35.9 Å². The zero-order valence-corrected chi connectivity index (χ0v) is 16.6. The van der Waals surface area contributed by atoms with Gasteiger partial charge in [-0.3, -0.25) is 9.79 Å². The summed E-state index contributed by atoms with van der Waals surface area (Å²) in [6.45, 7) is 8.96. The molecule has 6 nitrogen and oxygen atoms in total. The molecule has 0 amide bonds. The second-order valence-electron chi connectivity index (χ2n) is 5.41. The second kappa shape index (κ2) is 11.9. The van der Waals surface area contributed by atoms with Gasteiger partial charge >= 0.3 is 5.97 Å². The Hall–Kier alpha value is -0.570. The number of carbonyl (C=O) groups is 1. The number of hydrogen-bond donors (Lipinski definition) is 1. The van der Waals surface area contributed by atoms with Crippen LogP contribution < -0.4 is 5.32 Å². The largest absolute Gasteiger partial charge is 0.466 e. The maximum absolute atomic E-state index is 11.9. The lowest BCUT2D eigenvalue weighted by Crippen LogP contribution is -2.49. The molecule has 1 aliphatic heterocycles. The van der Waals surface area contributed by atoms with Crippen molar-refractivity contribution in [2.24, 2.45) is 10.9 Å². The third kappa shape index (κ3) is 7.13. The fourth-order valence-electron chi connectivity index (χ4n) is 2.47. The van der Waals surface area contributed by atoms with Crippen molar-refractivity contribution in [2.45, 2.75) is 26.7 Å². The Morgan fingerprint density at radius 3 is 2.77 bits per heavy atom. The van der Waals surface area contributed by atoms with Crippen LogP contribution in [-0.4, -0.2) is 75.2 Å². The van der Waals surface area contributed by atoms with Crippen LogP contribution in [0.2, 0.25) is 0 Å². The van der Waals surface area contributed by atoms with Crippen LogP contribution in [0.3, 0.4) is 0 Å². The van der Waals surface area contributed by atoms with E-state index in [4.69, 9.17) is 4.74 Å². The summed E-state index contributed by atoms with van der Waals surface area (Å²) in [5.41, 5.74) is 0. The molecule has 0 radical (unpaired) electrons. The van der Waals surface area contributed by atoms with Gasteiger partial charge in [-0.1, -0.05) is 6.92 Å². The highest BCUT2D eigenvalue weighted by Gasteiger charge is 2.28. The number of likely N-dealkylation sites (N-methyl/N-ethyl adjacent to an activating group) is 1. The molecule has 0 aromatic heterocycles. The Bertz CT molecular complexity index is 352. The molecule has 0 aliphatic carbocycles. The Morgan fingerprint density at radius 2 is 2.18 bits per heavy atom. The number of nitrogens with one attached hydrogen (secondary N) is 1. The summed E-state index contributed by atoms with van der Waals surface area (Å²) in [6.07, 6.45) is 1.91. The predicted octanol–water partition coefficient (Wildman–Crippen LogP) is 1.41.